The summed E-state index contributed by atoms with van der Waals surface area (Å²) in [4.78, 5) is 11.0. The summed E-state index contributed by atoms with van der Waals surface area (Å²) < 4.78 is 11.0. The molecule has 1 N–H and O–H groups in total. The molecule has 2 aromatic rings. The topological polar surface area (TPSA) is 47.6 Å². The molecule has 0 aromatic heterocycles. The molecule has 2 rings (SSSR count). The van der Waals surface area contributed by atoms with Gasteiger partial charge in [-0.3, -0.25) is 4.79 Å². The average Bonchev–Trinajstić information content (AvgIpc) is 2.50. The molecular formula is C17H15Cl2NO3. The Morgan fingerprint density at radius 2 is 1.39 bits per heavy atom. The normalized spacial score (nSPS) is 9.91. The molecule has 0 saturated carbocycles. The molecular weight excluding hydrogens is 337 g/mol. The van der Waals surface area contributed by atoms with E-state index in [1.54, 1.807) is 36.4 Å². The van der Waals surface area contributed by atoms with Gasteiger partial charge in [0.1, 0.15) is 11.5 Å². The van der Waals surface area contributed by atoms with Gasteiger partial charge in [0.05, 0.1) is 0 Å². The molecule has 0 spiro atoms. The number of nitrogens with one attached hydrogen (secondary N) is 1. The number of rotatable bonds is 5. The van der Waals surface area contributed by atoms with Crippen molar-refractivity contribution in [3.8, 4) is 11.5 Å². The summed E-state index contributed by atoms with van der Waals surface area (Å²) in [5.74, 6) is 0.856. The van der Waals surface area contributed by atoms with Crippen LogP contribution in [0.3, 0.4) is 0 Å². The zero-order chi connectivity index (χ0) is 16.8. The van der Waals surface area contributed by atoms with Crippen molar-refractivity contribution in [1.29, 1.82) is 0 Å². The van der Waals surface area contributed by atoms with Crippen LogP contribution in [0.15, 0.2) is 59.0 Å². The van der Waals surface area contributed by atoms with Gasteiger partial charge in [-0.05, 0) is 43.3 Å². The van der Waals surface area contributed by atoms with Gasteiger partial charge in [-0.15, -0.1) is 0 Å². The van der Waals surface area contributed by atoms with Crippen LogP contribution in [0.4, 0.5) is 5.69 Å². The predicted octanol–water partition coefficient (Wildman–Crippen LogP) is 5.02. The third-order valence-corrected chi connectivity index (χ3v) is 3.08. The van der Waals surface area contributed by atoms with Gasteiger partial charge in [0.15, 0.2) is 4.49 Å². The summed E-state index contributed by atoms with van der Waals surface area (Å²) in [5.41, 5.74) is 1.76. The molecule has 0 fully saturated rings. The summed E-state index contributed by atoms with van der Waals surface area (Å²) >= 11 is 11.6. The second-order valence-corrected chi connectivity index (χ2v) is 5.72. The van der Waals surface area contributed by atoms with Crippen LogP contribution < -0.4 is 14.8 Å². The van der Waals surface area contributed by atoms with Crippen molar-refractivity contribution in [3.63, 3.8) is 0 Å². The number of ether oxygens (including phenoxy) is 2. The monoisotopic (exact) mass is 351 g/mol. The molecule has 120 valence electrons. The van der Waals surface area contributed by atoms with Crippen molar-refractivity contribution in [1.82, 2.24) is 0 Å². The second-order valence-electron chi connectivity index (χ2n) is 4.77. The van der Waals surface area contributed by atoms with Crippen molar-refractivity contribution in [2.45, 2.75) is 13.8 Å². The minimum atomic E-state index is -0.147. The van der Waals surface area contributed by atoms with Crippen LogP contribution in [0, 0.1) is 6.92 Å². The summed E-state index contributed by atoms with van der Waals surface area (Å²) in [6.45, 7) is 3.41. The number of hydrogen-bond acceptors (Lipinski definition) is 3. The standard InChI is InChI=1S/C17H15Cl2NO3/c1-11-3-7-14(8-4-11)22-17(16(18)19)23-15-9-5-13(6-10-15)20-12(2)21/h3-10H,1-2H3,(H,20,21). The molecule has 0 heterocycles. The highest BCUT2D eigenvalue weighted by Gasteiger charge is 2.10. The van der Waals surface area contributed by atoms with Crippen LogP contribution in [0.1, 0.15) is 12.5 Å². The second kappa shape index (κ2) is 7.90. The first-order valence-electron chi connectivity index (χ1n) is 6.79. The highest BCUT2D eigenvalue weighted by molar-refractivity contribution is 6.56. The Balaban J connectivity index is 2.09. The maximum absolute atomic E-state index is 11.0. The molecule has 2 aromatic carbocycles. The number of benzene rings is 2. The van der Waals surface area contributed by atoms with Crippen LogP contribution >= 0.6 is 23.2 Å². The van der Waals surface area contributed by atoms with Gasteiger partial charge in [0, 0.05) is 12.6 Å². The number of halogens is 2. The highest BCUT2D eigenvalue weighted by Crippen LogP contribution is 2.25. The summed E-state index contributed by atoms with van der Waals surface area (Å²) in [7, 11) is 0. The fourth-order valence-corrected chi connectivity index (χ4v) is 1.88. The van der Waals surface area contributed by atoms with Gasteiger partial charge < -0.3 is 14.8 Å². The number of hydrogen-bond donors (Lipinski definition) is 1. The zero-order valence-corrected chi connectivity index (χ0v) is 14.1. The van der Waals surface area contributed by atoms with Crippen LogP contribution in [0.2, 0.25) is 0 Å². The van der Waals surface area contributed by atoms with E-state index in [9.17, 15) is 4.79 Å². The Hall–Kier alpha value is -2.17. The van der Waals surface area contributed by atoms with Crippen LogP contribution in [-0.4, -0.2) is 5.91 Å². The molecule has 6 heteroatoms. The first-order chi connectivity index (χ1) is 10.9. The fraction of sp³-hybridized carbons (Fsp3) is 0.118. The van der Waals surface area contributed by atoms with E-state index in [2.05, 4.69) is 5.32 Å². The lowest BCUT2D eigenvalue weighted by Gasteiger charge is -2.12. The van der Waals surface area contributed by atoms with Gasteiger partial charge in [0.25, 0.3) is 0 Å². The quantitative estimate of drug-likeness (QED) is 0.769. The van der Waals surface area contributed by atoms with Crippen LogP contribution in [0.25, 0.3) is 0 Å². The molecule has 23 heavy (non-hydrogen) atoms. The third kappa shape index (κ3) is 5.51. The van der Waals surface area contributed by atoms with Crippen LogP contribution in [0.5, 0.6) is 11.5 Å². The molecule has 0 aliphatic carbocycles. The summed E-state index contributed by atoms with van der Waals surface area (Å²) in [6.07, 6.45) is 0. The molecule has 0 bridgehead atoms. The molecule has 0 radical (unpaired) electrons. The van der Waals surface area contributed by atoms with Gasteiger partial charge >= 0.3 is 5.95 Å². The Labute approximate surface area is 144 Å². The SMILES string of the molecule is CC(=O)Nc1ccc(OC(Oc2ccc(C)cc2)=C(Cl)Cl)cc1. The molecule has 1 amide bonds. The highest BCUT2D eigenvalue weighted by atomic mass is 35.5. The van der Waals surface area contributed by atoms with Crippen molar-refractivity contribution < 1.29 is 14.3 Å². The van der Waals surface area contributed by atoms with Crippen molar-refractivity contribution >= 4 is 34.8 Å². The summed E-state index contributed by atoms with van der Waals surface area (Å²) in [5, 5.41) is 2.66. The minimum Gasteiger partial charge on any atom is -0.424 e. The lowest BCUT2D eigenvalue weighted by Crippen LogP contribution is -2.06. The van der Waals surface area contributed by atoms with E-state index in [1.807, 2.05) is 19.1 Å². The first-order valence-corrected chi connectivity index (χ1v) is 7.55. The van der Waals surface area contributed by atoms with Gasteiger partial charge in [-0.25, -0.2) is 0 Å². The molecule has 0 saturated heterocycles. The summed E-state index contributed by atoms with van der Waals surface area (Å²) in [6, 6.07) is 14.1. The molecule has 0 aliphatic heterocycles. The molecule has 0 unspecified atom stereocenters. The van der Waals surface area contributed by atoms with E-state index in [0.717, 1.165) is 5.56 Å². The molecule has 0 atom stereocenters. The maximum atomic E-state index is 11.0. The molecule has 0 aliphatic rings. The van der Waals surface area contributed by atoms with E-state index in [4.69, 9.17) is 32.7 Å². The van der Waals surface area contributed by atoms with E-state index >= 15 is 0 Å². The largest absolute Gasteiger partial charge is 0.424 e. The Kier molecular flexibility index (Phi) is 5.90. The average molecular weight is 352 g/mol. The minimum absolute atomic E-state index is 0.0236. The predicted molar refractivity (Wildman–Crippen MR) is 91.9 cm³/mol. The van der Waals surface area contributed by atoms with Crippen molar-refractivity contribution in [2.24, 2.45) is 0 Å². The number of carbonyl (C=O) groups is 1. The Bertz CT molecular complexity index is 706. The number of amides is 1. The first kappa shape index (κ1) is 17.2. The van der Waals surface area contributed by atoms with E-state index in [0.29, 0.717) is 17.2 Å². The molecule has 4 nitrogen and oxygen atoms in total. The lowest BCUT2D eigenvalue weighted by atomic mass is 10.2. The van der Waals surface area contributed by atoms with Crippen molar-refractivity contribution in [2.75, 3.05) is 5.32 Å². The fourth-order valence-electron chi connectivity index (χ4n) is 1.73. The van der Waals surface area contributed by atoms with Crippen molar-refractivity contribution in [3.05, 3.63) is 64.5 Å². The van der Waals surface area contributed by atoms with Crippen LogP contribution in [-0.2, 0) is 4.79 Å². The number of carbonyl (C=O) groups excluding carboxylic acids is 1. The van der Waals surface area contributed by atoms with E-state index in [1.165, 1.54) is 6.92 Å². The maximum Gasteiger partial charge on any atom is 0.322 e. The van der Waals surface area contributed by atoms with Gasteiger partial charge in [0.2, 0.25) is 5.91 Å². The number of anilines is 1. The van der Waals surface area contributed by atoms with E-state index in [-0.39, 0.29) is 16.3 Å². The Morgan fingerprint density at radius 3 is 1.83 bits per heavy atom. The Morgan fingerprint density at radius 1 is 0.913 bits per heavy atom. The zero-order valence-electron chi connectivity index (χ0n) is 12.6. The van der Waals surface area contributed by atoms with E-state index < -0.39 is 0 Å². The van der Waals surface area contributed by atoms with Gasteiger partial charge in [-0.2, -0.15) is 0 Å². The number of aryl methyl sites for hydroxylation is 1. The lowest BCUT2D eigenvalue weighted by molar-refractivity contribution is -0.114. The smallest absolute Gasteiger partial charge is 0.322 e. The third-order valence-electron chi connectivity index (χ3n) is 2.77. The van der Waals surface area contributed by atoms with Gasteiger partial charge in [-0.1, -0.05) is 40.9 Å².